The van der Waals surface area contributed by atoms with Crippen molar-refractivity contribution in [2.45, 2.75) is 40.2 Å². The molecule has 1 aromatic carbocycles. The van der Waals surface area contributed by atoms with Crippen LogP contribution in [-0.4, -0.2) is 6.54 Å². The lowest BCUT2D eigenvalue weighted by Crippen LogP contribution is -2.23. The van der Waals surface area contributed by atoms with Crippen molar-refractivity contribution in [3.05, 3.63) is 55.7 Å². The van der Waals surface area contributed by atoms with Gasteiger partial charge >= 0.3 is 0 Å². The molecule has 1 atom stereocenters. The first-order valence-corrected chi connectivity index (χ1v) is 8.34. The number of hydrogen-bond donors (Lipinski definition) is 1. The molecule has 1 N–H and O–H groups in total. The fraction of sp³-hybridized carbons (Fsp3) is 0.412. The fourth-order valence-electron chi connectivity index (χ4n) is 2.43. The van der Waals surface area contributed by atoms with Crippen LogP contribution in [0, 0.1) is 20.8 Å². The molecule has 0 saturated heterocycles. The van der Waals surface area contributed by atoms with Crippen LogP contribution >= 0.6 is 22.9 Å². The quantitative estimate of drug-likeness (QED) is 0.778. The van der Waals surface area contributed by atoms with Gasteiger partial charge in [-0.05, 0) is 55.8 Å². The van der Waals surface area contributed by atoms with E-state index in [1.54, 1.807) is 11.3 Å². The molecule has 0 aliphatic rings. The van der Waals surface area contributed by atoms with Gasteiger partial charge in [0.05, 0.1) is 11.1 Å². The van der Waals surface area contributed by atoms with E-state index < -0.39 is 0 Å². The van der Waals surface area contributed by atoms with E-state index in [2.05, 4.69) is 56.6 Å². The first-order valence-electron chi connectivity index (χ1n) is 7.08. The van der Waals surface area contributed by atoms with Crippen LogP contribution < -0.4 is 5.32 Å². The molecule has 108 valence electrons. The van der Waals surface area contributed by atoms with Crippen molar-refractivity contribution >= 4 is 22.9 Å². The van der Waals surface area contributed by atoms with E-state index in [1.807, 2.05) is 0 Å². The Morgan fingerprint density at radius 1 is 1.20 bits per heavy atom. The van der Waals surface area contributed by atoms with Gasteiger partial charge in [-0.3, -0.25) is 0 Å². The molecule has 0 amide bonds. The highest BCUT2D eigenvalue weighted by Gasteiger charge is 2.20. The number of rotatable bonds is 5. The number of hydrogen-bond acceptors (Lipinski definition) is 2. The van der Waals surface area contributed by atoms with Crippen LogP contribution in [0.5, 0.6) is 0 Å². The summed E-state index contributed by atoms with van der Waals surface area (Å²) in [6.07, 6.45) is 1.11. The predicted octanol–water partition coefficient (Wildman–Crippen LogP) is 5.42. The lowest BCUT2D eigenvalue weighted by molar-refractivity contribution is 0.603. The summed E-state index contributed by atoms with van der Waals surface area (Å²) in [4.78, 5) is 1.23. The lowest BCUT2D eigenvalue weighted by atomic mass is 9.97. The van der Waals surface area contributed by atoms with Gasteiger partial charge < -0.3 is 5.32 Å². The van der Waals surface area contributed by atoms with Crippen molar-refractivity contribution in [2.75, 3.05) is 6.54 Å². The highest BCUT2D eigenvalue weighted by Crippen LogP contribution is 2.36. The van der Waals surface area contributed by atoms with Gasteiger partial charge in [-0.15, -0.1) is 11.3 Å². The van der Waals surface area contributed by atoms with Crippen LogP contribution in [0.3, 0.4) is 0 Å². The molecule has 1 heterocycles. The third-order valence-electron chi connectivity index (χ3n) is 3.52. The minimum atomic E-state index is 0.196. The number of benzene rings is 1. The molecular weight excluding hydrogens is 286 g/mol. The Balaban J connectivity index is 2.44. The monoisotopic (exact) mass is 307 g/mol. The molecule has 0 aliphatic heterocycles. The Hall–Kier alpha value is -0.830. The third-order valence-corrected chi connectivity index (χ3v) is 5.30. The van der Waals surface area contributed by atoms with Gasteiger partial charge in [-0.25, -0.2) is 0 Å². The van der Waals surface area contributed by atoms with Gasteiger partial charge in [0.25, 0.3) is 0 Å². The van der Waals surface area contributed by atoms with E-state index in [0.717, 1.165) is 18.0 Å². The van der Waals surface area contributed by atoms with Crippen LogP contribution in [0.2, 0.25) is 5.02 Å². The van der Waals surface area contributed by atoms with Crippen LogP contribution in [0.15, 0.2) is 23.6 Å². The second-order valence-corrected chi connectivity index (χ2v) is 6.63. The maximum absolute atomic E-state index is 6.49. The van der Waals surface area contributed by atoms with Crippen molar-refractivity contribution in [1.82, 2.24) is 5.32 Å². The Labute approximate surface area is 131 Å². The number of aryl methyl sites for hydroxylation is 3. The summed E-state index contributed by atoms with van der Waals surface area (Å²) < 4.78 is 0. The highest BCUT2D eigenvalue weighted by atomic mass is 35.5. The zero-order chi connectivity index (χ0) is 14.7. The minimum Gasteiger partial charge on any atom is -0.306 e. The molecule has 1 unspecified atom stereocenters. The molecule has 0 bridgehead atoms. The summed E-state index contributed by atoms with van der Waals surface area (Å²) in [6, 6.07) is 6.84. The first-order chi connectivity index (χ1) is 9.54. The Morgan fingerprint density at radius 2 is 1.95 bits per heavy atom. The van der Waals surface area contributed by atoms with Crippen LogP contribution in [0.4, 0.5) is 0 Å². The van der Waals surface area contributed by atoms with E-state index in [4.69, 9.17) is 11.6 Å². The summed E-state index contributed by atoms with van der Waals surface area (Å²) >= 11 is 8.23. The minimum absolute atomic E-state index is 0.196. The molecule has 1 aromatic heterocycles. The molecule has 0 aliphatic carbocycles. The molecule has 2 rings (SSSR count). The summed E-state index contributed by atoms with van der Waals surface area (Å²) in [7, 11) is 0. The van der Waals surface area contributed by atoms with Gasteiger partial charge in [-0.1, -0.05) is 42.3 Å². The highest BCUT2D eigenvalue weighted by molar-refractivity contribution is 7.10. The zero-order valence-corrected chi connectivity index (χ0v) is 14.2. The Bertz CT molecular complexity index is 589. The van der Waals surface area contributed by atoms with Crippen molar-refractivity contribution in [3.8, 4) is 0 Å². The molecule has 0 spiro atoms. The summed E-state index contributed by atoms with van der Waals surface area (Å²) in [6.45, 7) is 9.56. The maximum Gasteiger partial charge on any atom is 0.0688 e. The van der Waals surface area contributed by atoms with Gasteiger partial charge in [-0.2, -0.15) is 0 Å². The Morgan fingerprint density at radius 3 is 2.50 bits per heavy atom. The predicted molar refractivity (Wildman–Crippen MR) is 90.1 cm³/mol. The number of thiophene rings is 1. The SMILES string of the molecule is CCCNC(c1ccc(C)cc1C)c1scc(C)c1Cl. The zero-order valence-electron chi connectivity index (χ0n) is 12.6. The summed E-state index contributed by atoms with van der Waals surface area (Å²) in [5, 5.41) is 6.69. The number of halogens is 1. The molecule has 20 heavy (non-hydrogen) atoms. The van der Waals surface area contributed by atoms with E-state index in [1.165, 1.54) is 27.1 Å². The molecule has 0 radical (unpaired) electrons. The lowest BCUT2D eigenvalue weighted by Gasteiger charge is -2.21. The average molecular weight is 308 g/mol. The van der Waals surface area contributed by atoms with Crippen molar-refractivity contribution in [3.63, 3.8) is 0 Å². The van der Waals surface area contributed by atoms with Crippen molar-refractivity contribution in [1.29, 1.82) is 0 Å². The van der Waals surface area contributed by atoms with Crippen LogP contribution in [0.25, 0.3) is 0 Å². The third kappa shape index (κ3) is 3.25. The number of nitrogens with one attached hydrogen (secondary N) is 1. The van der Waals surface area contributed by atoms with Gasteiger partial charge in [0.15, 0.2) is 0 Å². The molecule has 3 heteroatoms. The van der Waals surface area contributed by atoms with E-state index in [0.29, 0.717) is 0 Å². The molecule has 0 fully saturated rings. The van der Waals surface area contributed by atoms with Crippen LogP contribution in [0.1, 0.15) is 46.5 Å². The van der Waals surface area contributed by atoms with Crippen molar-refractivity contribution < 1.29 is 0 Å². The topological polar surface area (TPSA) is 12.0 Å². The second-order valence-electron chi connectivity index (χ2n) is 5.34. The summed E-state index contributed by atoms with van der Waals surface area (Å²) in [5.41, 5.74) is 5.11. The van der Waals surface area contributed by atoms with E-state index >= 15 is 0 Å². The van der Waals surface area contributed by atoms with E-state index in [-0.39, 0.29) is 6.04 Å². The van der Waals surface area contributed by atoms with E-state index in [9.17, 15) is 0 Å². The average Bonchev–Trinajstić information content (AvgIpc) is 2.73. The Kier molecular flexibility index (Phi) is 5.25. The van der Waals surface area contributed by atoms with Gasteiger partial charge in [0.1, 0.15) is 0 Å². The van der Waals surface area contributed by atoms with Crippen molar-refractivity contribution in [2.24, 2.45) is 0 Å². The smallest absolute Gasteiger partial charge is 0.0688 e. The fourth-order valence-corrected chi connectivity index (χ4v) is 3.82. The molecule has 0 saturated carbocycles. The first kappa shape index (κ1) is 15.6. The molecule has 2 aromatic rings. The summed E-state index contributed by atoms with van der Waals surface area (Å²) in [5.74, 6) is 0. The van der Waals surface area contributed by atoms with Gasteiger partial charge in [0, 0.05) is 4.88 Å². The largest absolute Gasteiger partial charge is 0.306 e. The normalized spacial score (nSPS) is 12.7. The molecule has 1 nitrogen and oxygen atoms in total. The standard InChI is InChI=1S/C17H22ClNS/c1-5-8-19-16(17-15(18)13(4)10-20-17)14-7-6-11(2)9-12(14)3/h6-7,9-10,16,19H,5,8H2,1-4H3. The van der Waals surface area contributed by atoms with Crippen LogP contribution in [-0.2, 0) is 0 Å². The van der Waals surface area contributed by atoms with Gasteiger partial charge in [0.2, 0.25) is 0 Å². The maximum atomic E-state index is 6.49. The second kappa shape index (κ2) is 6.75. The molecular formula is C17H22ClNS.